The Hall–Kier alpha value is -0.870. The lowest BCUT2D eigenvalue weighted by molar-refractivity contribution is -0.130. The number of halogens is 2. The Morgan fingerprint density at radius 2 is 2.11 bits per heavy atom. The molecule has 2 N–H and O–H groups in total. The number of carbonyl (C=O) groups is 1. The minimum Gasteiger partial charge on any atom is -0.356 e. The topological polar surface area (TPSA) is 60.0 Å². The van der Waals surface area contributed by atoms with Crippen LogP contribution in [0.1, 0.15) is 31.7 Å². The normalized spacial score (nSPS) is 17.1. The van der Waals surface area contributed by atoms with Crippen LogP contribution in [0.3, 0.4) is 0 Å². The van der Waals surface area contributed by atoms with Gasteiger partial charge in [-0.15, -0.1) is 24.0 Å². The molecular weight excluding hydrogens is 533 g/mol. The van der Waals surface area contributed by atoms with Crippen LogP contribution in [-0.4, -0.2) is 68.0 Å². The Morgan fingerprint density at radius 3 is 2.79 bits per heavy atom. The fourth-order valence-electron chi connectivity index (χ4n) is 3.43. The fourth-order valence-corrected chi connectivity index (χ4v) is 3.84. The largest absolute Gasteiger partial charge is 0.356 e. The molecule has 1 fully saturated rings. The maximum Gasteiger partial charge on any atom is 0.224 e. The van der Waals surface area contributed by atoms with Crippen molar-refractivity contribution >= 4 is 51.8 Å². The molecule has 28 heavy (non-hydrogen) atoms. The highest BCUT2D eigenvalue weighted by Crippen LogP contribution is 2.17. The molecule has 0 aromatic heterocycles. The minimum atomic E-state index is 0. The van der Waals surface area contributed by atoms with Gasteiger partial charge in [-0.25, -0.2) is 0 Å². The molecule has 1 aromatic rings. The van der Waals surface area contributed by atoms with Crippen molar-refractivity contribution in [1.29, 1.82) is 0 Å². The van der Waals surface area contributed by atoms with Crippen molar-refractivity contribution in [2.45, 2.75) is 38.8 Å². The summed E-state index contributed by atoms with van der Waals surface area (Å²) in [5, 5.41) is 6.64. The number of benzene rings is 1. The second-order valence-electron chi connectivity index (χ2n) is 6.90. The molecule has 0 bridgehead atoms. The van der Waals surface area contributed by atoms with E-state index in [0.717, 1.165) is 29.1 Å². The first-order valence-corrected chi connectivity index (χ1v) is 10.5. The number of carbonyl (C=O) groups excluding carboxylic acids is 1. The Bertz CT molecular complexity index is 643. The van der Waals surface area contributed by atoms with Gasteiger partial charge in [-0.2, -0.15) is 0 Å². The number of rotatable bonds is 8. The van der Waals surface area contributed by atoms with Crippen LogP contribution in [0.5, 0.6) is 0 Å². The lowest BCUT2D eigenvalue weighted by atomic mass is 10.2. The molecule has 0 aliphatic carbocycles. The van der Waals surface area contributed by atoms with Gasteiger partial charge in [0.05, 0.1) is 0 Å². The third-order valence-corrected chi connectivity index (χ3v) is 5.83. The Morgan fingerprint density at radius 1 is 1.36 bits per heavy atom. The van der Waals surface area contributed by atoms with Gasteiger partial charge in [-0.05, 0) is 37.6 Å². The first-order chi connectivity index (χ1) is 13.0. The number of hydrogen-bond donors (Lipinski definition) is 2. The predicted molar refractivity (Wildman–Crippen MR) is 130 cm³/mol. The van der Waals surface area contributed by atoms with Gasteiger partial charge in [0.2, 0.25) is 5.91 Å². The summed E-state index contributed by atoms with van der Waals surface area (Å²) in [6.45, 7) is 6.55. The molecule has 1 aliphatic heterocycles. The van der Waals surface area contributed by atoms with Crippen molar-refractivity contribution in [3.63, 3.8) is 0 Å². The quantitative estimate of drug-likeness (QED) is 0.289. The molecule has 1 unspecified atom stereocenters. The number of amides is 1. The zero-order valence-electron chi connectivity index (χ0n) is 17.1. The highest BCUT2D eigenvalue weighted by molar-refractivity contribution is 14.0. The van der Waals surface area contributed by atoms with E-state index in [1.807, 2.05) is 31.3 Å². The number of likely N-dealkylation sites (tertiary alicyclic amines) is 1. The van der Waals surface area contributed by atoms with E-state index in [-0.39, 0.29) is 29.9 Å². The molecule has 0 radical (unpaired) electrons. The average molecular weight is 566 g/mol. The standard InChI is InChI=1S/C20H32BrN5O.HI/c1-4-26-13-7-9-17(26)14-24-20(22-2)23-12-11-19(27)25(3)15-16-8-5-6-10-18(16)21;/h5-6,8,10,17H,4,7,9,11-15H2,1-3H3,(H2,22,23,24);1H. The first-order valence-electron chi connectivity index (χ1n) is 9.71. The van der Waals surface area contributed by atoms with Crippen LogP contribution < -0.4 is 10.6 Å². The Balaban J connectivity index is 0.00000392. The molecular formula is C20H33BrIN5O. The smallest absolute Gasteiger partial charge is 0.224 e. The van der Waals surface area contributed by atoms with E-state index in [9.17, 15) is 4.79 Å². The number of nitrogens with zero attached hydrogens (tertiary/aromatic N) is 3. The Labute approximate surface area is 194 Å². The molecule has 1 amide bonds. The fraction of sp³-hybridized carbons (Fsp3) is 0.600. The lowest BCUT2D eigenvalue weighted by Crippen LogP contribution is -2.45. The summed E-state index contributed by atoms with van der Waals surface area (Å²) in [7, 11) is 3.61. The molecule has 6 nitrogen and oxygen atoms in total. The molecule has 1 heterocycles. The van der Waals surface area contributed by atoms with Crippen molar-refractivity contribution in [2.75, 3.05) is 40.3 Å². The summed E-state index contributed by atoms with van der Waals surface area (Å²) >= 11 is 3.53. The van der Waals surface area contributed by atoms with E-state index in [2.05, 4.69) is 43.4 Å². The second kappa shape index (κ2) is 13.4. The summed E-state index contributed by atoms with van der Waals surface area (Å²) in [6.07, 6.45) is 2.94. The maximum absolute atomic E-state index is 12.4. The zero-order chi connectivity index (χ0) is 19.6. The van der Waals surface area contributed by atoms with Gasteiger partial charge in [-0.3, -0.25) is 14.7 Å². The highest BCUT2D eigenvalue weighted by atomic mass is 127. The number of nitrogens with one attached hydrogen (secondary N) is 2. The van der Waals surface area contributed by atoms with E-state index in [1.165, 1.54) is 19.4 Å². The molecule has 8 heteroatoms. The average Bonchev–Trinajstić information content (AvgIpc) is 3.13. The SMILES string of the molecule is CCN1CCCC1CNC(=NC)NCCC(=O)N(C)Cc1ccccc1Br.I. The summed E-state index contributed by atoms with van der Waals surface area (Å²) in [4.78, 5) is 20.9. The third kappa shape index (κ3) is 7.87. The molecule has 1 aromatic carbocycles. The molecule has 0 saturated carbocycles. The summed E-state index contributed by atoms with van der Waals surface area (Å²) in [5.41, 5.74) is 1.11. The van der Waals surface area contributed by atoms with Crippen LogP contribution in [0.15, 0.2) is 33.7 Å². The van der Waals surface area contributed by atoms with Crippen LogP contribution >= 0.6 is 39.9 Å². The van der Waals surface area contributed by atoms with Crippen LogP contribution in [0.25, 0.3) is 0 Å². The molecule has 158 valence electrons. The van der Waals surface area contributed by atoms with Gasteiger partial charge in [0.1, 0.15) is 0 Å². The van der Waals surface area contributed by atoms with Gasteiger partial charge in [-0.1, -0.05) is 41.1 Å². The predicted octanol–water partition coefficient (Wildman–Crippen LogP) is 3.06. The number of hydrogen-bond acceptors (Lipinski definition) is 3. The van der Waals surface area contributed by atoms with E-state index >= 15 is 0 Å². The number of guanidine groups is 1. The molecule has 2 rings (SSSR count). The van der Waals surface area contributed by atoms with E-state index in [0.29, 0.717) is 25.6 Å². The number of aliphatic imine (C=N–C) groups is 1. The van der Waals surface area contributed by atoms with Crippen LogP contribution in [0.2, 0.25) is 0 Å². The van der Waals surface area contributed by atoms with Crippen LogP contribution in [-0.2, 0) is 11.3 Å². The molecule has 1 aliphatic rings. The van der Waals surface area contributed by atoms with Crippen molar-refractivity contribution < 1.29 is 4.79 Å². The van der Waals surface area contributed by atoms with Gasteiger partial charge in [0.15, 0.2) is 5.96 Å². The van der Waals surface area contributed by atoms with Crippen LogP contribution in [0, 0.1) is 0 Å². The molecule has 0 spiro atoms. The van der Waals surface area contributed by atoms with Crippen molar-refractivity contribution in [3.8, 4) is 0 Å². The maximum atomic E-state index is 12.4. The van der Waals surface area contributed by atoms with Crippen molar-refractivity contribution in [2.24, 2.45) is 4.99 Å². The molecule has 1 atom stereocenters. The second-order valence-corrected chi connectivity index (χ2v) is 7.75. The molecule has 1 saturated heterocycles. The van der Waals surface area contributed by atoms with Crippen molar-refractivity contribution in [3.05, 3.63) is 34.3 Å². The first kappa shape index (κ1) is 25.2. The Kier molecular flexibility index (Phi) is 12.0. The number of likely N-dealkylation sites (N-methyl/N-ethyl adjacent to an activating group) is 1. The van der Waals surface area contributed by atoms with E-state index in [1.54, 1.807) is 11.9 Å². The van der Waals surface area contributed by atoms with Gasteiger partial charge < -0.3 is 15.5 Å². The van der Waals surface area contributed by atoms with Crippen LogP contribution in [0.4, 0.5) is 0 Å². The van der Waals surface area contributed by atoms with Gasteiger partial charge in [0, 0.05) is 50.7 Å². The zero-order valence-corrected chi connectivity index (χ0v) is 21.0. The monoisotopic (exact) mass is 565 g/mol. The summed E-state index contributed by atoms with van der Waals surface area (Å²) in [5.74, 6) is 0.876. The summed E-state index contributed by atoms with van der Waals surface area (Å²) < 4.78 is 1.03. The van der Waals surface area contributed by atoms with Gasteiger partial charge in [0.25, 0.3) is 0 Å². The van der Waals surface area contributed by atoms with E-state index < -0.39 is 0 Å². The lowest BCUT2D eigenvalue weighted by Gasteiger charge is -2.24. The summed E-state index contributed by atoms with van der Waals surface area (Å²) in [6, 6.07) is 8.56. The van der Waals surface area contributed by atoms with Gasteiger partial charge >= 0.3 is 0 Å². The third-order valence-electron chi connectivity index (χ3n) is 5.06. The van der Waals surface area contributed by atoms with E-state index in [4.69, 9.17) is 0 Å². The minimum absolute atomic E-state index is 0. The highest BCUT2D eigenvalue weighted by Gasteiger charge is 2.22. The van der Waals surface area contributed by atoms with Crippen molar-refractivity contribution in [1.82, 2.24) is 20.4 Å².